The molecule has 1 fully saturated rings. The molecule has 0 saturated carbocycles. The fourth-order valence-electron chi connectivity index (χ4n) is 3.79. The van der Waals surface area contributed by atoms with Crippen LogP contribution in [0.15, 0.2) is 60.8 Å². The largest absolute Gasteiger partial charge is 0.341 e. The zero-order valence-electron chi connectivity index (χ0n) is 17.8. The number of nitrogens with zero attached hydrogens (tertiary/aromatic N) is 4. The maximum absolute atomic E-state index is 12.7. The number of sulfonamides is 1. The molecule has 4 rings (SSSR count). The van der Waals surface area contributed by atoms with Crippen LogP contribution in [-0.4, -0.2) is 59.2 Å². The molecule has 3 aromatic rings. The lowest BCUT2D eigenvalue weighted by atomic mass is 10.1. The van der Waals surface area contributed by atoms with Gasteiger partial charge in [-0.1, -0.05) is 41.9 Å². The second-order valence-corrected chi connectivity index (χ2v) is 10.4. The number of carbonyl (C=O) groups is 1. The topological polar surface area (TPSA) is 75.5 Å². The first-order chi connectivity index (χ1) is 15.3. The fourth-order valence-corrected chi connectivity index (χ4v) is 5.44. The monoisotopic (exact) mass is 472 g/mol. The number of hydrogen-bond donors (Lipinski definition) is 0. The molecule has 2 heterocycles. The van der Waals surface area contributed by atoms with E-state index in [1.54, 1.807) is 16.6 Å². The number of rotatable bonds is 7. The van der Waals surface area contributed by atoms with Crippen molar-refractivity contribution >= 4 is 27.5 Å². The Morgan fingerprint density at radius 2 is 1.84 bits per heavy atom. The SMILES string of the molecule is CN(Cc1cn(-c2ccccc2)nc1-c1ccc(Cl)cc1)C(=O)CCN1CCCS1(=O)=O. The van der Waals surface area contributed by atoms with Crippen LogP contribution in [0.1, 0.15) is 18.4 Å². The van der Waals surface area contributed by atoms with Gasteiger partial charge in [-0.05, 0) is 30.7 Å². The Balaban J connectivity index is 1.54. The number of benzene rings is 2. The Bertz CT molecular complexity index is 1190. The zero-order valence-corrected chi connectivity index (χ0v) is 19.4. The molecule has 9 heteroatoms. The minimum absolute atomic E-state index is 0.110. The first-order valence-electron chi connectivity index (χ1n) is 10.5. The van der Waals surface area contributed by atoms with E-state index in [0.29, 0.717) is 24.5 Å². The van der Waals surface area contributed by atoms with Crippen LogP contribution in [0.2, 0.25) is 5.02 Å². The van der Waals surface area contributed by atoms with E-state index in [0.717, 1.165) is 22.5 Å². The van der Waals surface area contributed by atoms with Crippen molar-refractivity contribution in [1.29, 1.82) is 0 Å². The maximum Gasteiger partial charge on any atom is 0.223 e. The van der Waals surface area contributed by atoms with Gasteiger partial charge in [0, 0.05) is 55.4 Å². The second kappa shape index (κ2) is 9.44. The van der Waals surface area contributed by atoms with Crippen LogP contribution < -0.4 is 0 Å². The summed E-state index contributed by atoms with van der Waals surface area (Å²) >= 11 is 6.05. The fraction of sp³-hybridized carbons (Fsp3) is 0.304. The third kappa shape index (κ3) is 5.03. The van der Waals surface area contributed by atoms with Gasteiger partial charge in [0.2, 0.25) is 15.9 Å². The summed E-state index contributed by atoms with van der Waals surface area (Å²) in [6, 6.07) is 17.2. The van der Waals surface area contributed by atoms with Gasteiger partial charge in [-0.2, -0.15) is 5.10 Å². The van der Waals surface area contributed by atoms with Crippen LogP contribution in [-0.2, 0) is 21.4 Å². The van der Waals surface area contributed by atoms with Gasteiger partial charge in [0.1, 0.15) is 0 Å². The van der Waals surface area contributed by atoms with E-state index in [4.69, 9.17) is 16.7 Å². The molecule has 0 unspecified atom stereocenters. The van der Waals surface area contributed by atoms with E-state index in [9.17, 15) is 13.2 Å². The summed E-state index contributed by atoms with van der Waals surface area (Å²) in [7, 11) is -1.47. The molecular weight excluding hydrogens is 448 g/mol. The molecule has 0 bridgehead atoms. The Morgan fingerprint density at radius 3 is 2.50 bits per heavy atom. The van der Waals surface area contributed by atoms with Crippen LogP contribution in [0.5, 0.6) is 0 Å². The van der Waals surface area contributed by atoms with Crippen molar-refractivity contribution in [2.45, 2.75) is 19.4 Å². The lowest BCUT2D eigenvalue weighted by Gasteiger charge is -2.19. The zero-order chi connectivity index (χ0) is 22.7. The molecule has 2 aromatic carbocycles. The minimum atomic E-state index is -3.20. The molecule has 0 spiro atoms. The summed E-state index contributed by atoms with van der Waals surface area (Å²) in [4.78, 5) is 14.4. The van der Waals surface area contributed by atoms with Gasteiger partial charge in [0.25, 0.3) is 0 Å². The van der Waals surface area contributed by atoms with E-state index < -0.39 is 10.0 Å². The van der Waals surface area contributed by atoms with Crippen molar-refractivity contribution in [1.82, 2.24) is 19.0 Å². The number of carbonyl (C=O) groups excluding carboxylic acids is 1. The normalized spacial score (nSPS) is 15.7. The van der Waals surface area contributed by atoms with Gasteiger partial charge < -0.3 is 4.90 Å². The van der Waals surface area contributed by atoms with Crippen molar-refractivity contribution in [3.63, 3.8) is 0 Å². The molecule has 1 saturated heterocycles. The van der Waals surface area contributed by atoms with Gasteiger partial charge in [-0.3, -0.25) is 4.79 Å². The van der Waals surface area contributed by atoms with Crippen LogP contribution in [0.25, 0.3) is 16.9 Å². The average Bonchev–Trinajstić information content (AvgIpc) is 3.35. The summed E-state index contributed by atoms with van der Waals surface area (Å²) in [5.41, 5.74) is 3.48. The van der Waals surface area contributed by atoms with Crippen LogP contribution >= 0.6 is 11.6 Å². The molecule has 1 aliphatic heterocycles. The van der Waals surface area contributed by atoms with E-state index in [1.165, 1.54) is 4.31 Å². The third-order valence-corrected chi connectivity index (χ3v) is 7.75. The summed E-state index contributed by atoms with van der Waals surface area (Å²) in [5, 5.41) is 5.41. The molecule has 168 valence electrons. The highest BCUT2D eigenvalue weighted by molar-refractivity contribution is 7.89. The maximum atomic E-state index is 12.7. The van der Waals surface area contributed by atoms with Gasteiger partial charge in [-0.15, -0.1) is 0 Å². The van der Waals surface area contributed by atoms with E-state index in [1.807, 2.05) is 60.8 Å². The Labute approximate surface area is 193 Å². The Hall–Kier alpha value is -2.68. The number of halogens is 1. The van der Waals surface area contributed by atoms with Gasteiger partial charge in [0.05, 0.1) is 17.1 Å². The lowest BCUT2D eigenvalue weighted by molar-refractivity contribution is -0.130. The Morgan fingerprint density at radius 1 is 1.12 bits per heavy atom. The number of aromatic nitrogens is 2. The molecular formula is C23H25ClN4O3S. The minimum Gasteiger partial charge on any atom is -0.341 e. The molecule has 1 aliphatic rings. The van der Waals surface area contributed by atoms with Gasteiger partial charge in [-0.25, -0.2) is 17.4 Å². The van der Waals surface area contributed by atoms with Crippen LogP contribution in [0.3, 0.4) is 0 Å². The third-order valence-electron chi connectivity index (χ3n) is 5.54. The summed E-state index contributed by atoms with van der Waals surface area (Å²) in [6.45, 7) is 1.07. The van der Waals surface area contributed by atoms with Crippen LogP contribution in [0.4, 0.5) is 0 Å². The highest BCUT2D eigenvalue weighted by Crippen LogP contribution is 2.26. The van der Waals surface area contributed by atoms with E-state index >= 15 is 0 Å². The lowest BCUT2D eigenvalue weighted by Crippen LogP contribution is -2.33. The predicted molar refractivity (Wildman–Crippen MR) is 125 cm³/mol. The summed E-state index contributed by atoms with van der Waals surface area (Å²) < 4.78 is 27.2. The molecule has 7 nitrogen and oxygen atoms in total. The smallest absolute Gasteiger partial charge is 0.223 e. The molecule has 1 amide bonds. The molecule has 0 N–H and O–H groups in total. The molecule has 1 aromatic heterocycles. The highest BCUT2D eigenvalue weighted by Gasteiger charge is 2.28. The molecule has 0 radical (unpaired) electrons. The van der Waals surface area contributed by atoms with Crippen molar-refractivity contribution in [2.24, 2.45) is 0 Å². The van der Waals surface area contributed by atoms with Crippen molar-refractivity contribution in [3.8, 4) is 16.9 Å². The number of para-hydroxylation sites is 1. The first kappa shape index (κ1) is 22.5. The molecule has 32 heavy (non-hydrogen) atoms. The average molecular weight is 473 g/mol. The highest BCUT2D eigenvalue weighted by atomic mass is 35.5. The number of amides is 1. The Kier molecular flexibility index (Phi) is 6.64. The number of hydrogen-bond acceptors (Lipinski definition) is 4. The van der Waals surface area contributed by atoms with Crippen LogP contribution in [0, 0.1) is 0 Å². The van der Waals surface area contributed by atoms with Crippen molar-refractivity contribution < 1.29 is 13.2 Å². The van der Waals surface area contributed by atoms with Crippen molar-refractivity contribution in [2.75, 3.05) is 25.9 Å². The molecule has 0 aliphatic carbocycles. The summed E-state index contributed by atoms with van der Waals surface area (Å²) in [5.74, 6) is 0.0572. The first-order valence-corrected chi connectivity index (χ1v) is 12.4. The van der Waals surface area contributed by atoms with E-state index in [2.05, 4.69) is 0 Å². The quantitative estimate of drug-likeness (QED) is 0.526. The standard InChI is InChI=1S/C23H25ClN4O3S/c1-26(22(29)12-14-27-13-5-15-32(27,30)31)16-19-17-28(21-6-3-2-4-7-21)25-23(19)18-8-10-20(24)11-9-18/h2-4,6-11,17H,5,12-16H2,1H3. The van der Waals surface area contributed by atoms with E-state index in [-0.39, 0.29) is 24.6 Å². The van der Waals surface area contributed by atoms with Gasteiger partial charge in [0.15, 0.2) is 0 Å². The second-order valence-electron chi connectivity index (χ2n) is 7.86. The van der Waals surface area contributed by atoms with Gasteiger partial charge >= 0.3 is 0 Å². The predicted octanol–water partition coefficient (Wildman–Crippen LogP) is 3.58. The summed E-state index contributed by atoms with van der Waals surface area (Å²) in [6.07, 6.45) is 2.70. The molecule has 0 atom stereocenters. The van der Waals surface area contributed by atoms with Crippen molar-refractivity contribution in [3.05, 3.63) is 71.4 Å².